The molecule has 1 aliphatic rings. The number of anilines is 1. The van der Waals surface area contributed by atoms with E-state index in [1.807, 2.05) is 64.9 Å². The van der Waals surface area contributed by atoms with Crippen molar-refractivity contribution in [1.82, 2.24) is 19.5 Å². The van der Waals surface area contributed by atoms with Crippen molar-refractivity contribution in [2.24, 2.45) is 0 Å². The average molecular weight is 453 g/mol. The molecule has 1 amide bonds. The van der Waals surface area contributed by atoms with Gasteiger partial charge in [0.15, 0.2) is 5.65 Å². The Hall–Kier alpha value is -3.92. The normalized spacial score (nSPS) is 14.4. The minimum Gasteiger partial charge on any atom is -0.370 e. The van der Waals surface area contributed by atoms with E-state index in [1.165, 1.54) is 0 Å². The number of fused-ring (bicyclic) bond motifs is 3. The summed E-state index contributed by atoms with van der Waals surface area (Å²) in [5.74, 6) is 0.186. The topological polar surface area (TPSA) is 77.5 Å². The molecule has 1 aliphatic heterocycles. The van der Waals surface area contributed by atoms with Gasteiger partial charge in [-0.25, -0.2) is 9.50 Å². The lowest BCUT2D eigenvalue weighted by Gasteiger charge is -2.24. The first-order valence-corrected chi connectivity index (χ1v) is 11.8. The van der Waals surface area contributed by atoms with E-state index >= 15 is 0 Å². The molecule has 4 aromatic rings. The van der Waals surface area contributed by atoms with Crippen molar-refractivity contribution >= 4 is 28.1 Å². The van der Waals surface area contributed by atoms with E-state index in [1.54, 1.807) is 0 Å². The number of hydrogen-bond donors (Lipinski definition) is 0. The number of nitrogens with zero attached hydrogens (tertiary/aromatic N) is 6. The summed E-state index contributed by atoms with van der Waals surface area (Å²) in [6, 6.07) is 17.9. The molecule has 0 radical (unpaired) electrons. The predicted molar refractivity (Wildman–Crippen MR) is 133 cm³/mol. The van der Waals surface area contributed by atoms with E-state index in [4.69, 9.17) is 15.3 Å². The summed E-state index contributed by atoms with van der Waals surface area (Å²) in [6.07, 6.45) is 2.05. The predicted octanol–water partition coefficient (Wildman–Crippen LogP) is 4.04. The minimum atomic E-state index is 0.186. The fourth-order valence-corrected chi connectivity index (χ4v) is 4.90. The zero-order valence-electron chi connectivity index (χ0n) is 19.7. The van der Waals surface area contributed by atoms with Crippen molar-refractivity contribution in [2.75, 3.05) is 31.1 Å². The van der Waals surface area contributed by atoms with Gasteiger partial charge in [0.25, 0.3) is 0 Å². The molecule has 2 aromatic carbocycles. The third-order valence-electron chi connectivity index (χ3n) is 6.82. The second-order valence-corrected chi connectivity index (χ2v) is 8.89. The third kappa shape index (κ3) is 4.08. The van der Waals surface area contributed by atoms with Crippen molar-refractivity contribution in [3.05, 3.63) is 71.0 Å². The smallest absolute Gasteiger partial charge is 0.222 e. The number of carbonyl (C=O) groups excluding carboxylic acids is 1. The van der Waals surface area contributed by atoms with Gasteiger partial charge in [-0.1, -0.05) is 12.1 Å². The van der Waals surface area contributed by atoms with Gasteiger partial charge < -0.3 is 9.80 Å². The first kappa shape index (κ1) is 21.9. The van der Waals surface area contributed by atoms with Crippen LogP contribution in [0.15, 0.2) is 48.5 Å². The van der Waals surface area contributed by atoms with Crippen LogP contribution >= 0.6 is 0 Å². The lowest BCUT2D eigenvalue weighted by Crippen LogP contribution is -2.35. The maximum absolute atomic E-state index is 13.1. The molecule has 7 nitrogen and oxygen atoms in total. The summed E-state index contributed by atoms with van der Waals surface area (Å²) in [4.78, 5) is 22.2. The van der Waals surface area contributed by atoms with Crippen LogP contribution in [0.3, 0.4) is 0 Å². The lowest BCUT2D eigenvalue weighted by molar-refractivity contribution is -0.130. The molecule has 0 saturated carbocycles. The van der Waals surface area contributed by atoms with Crippen molar-refractivity contribution in [2.45, 2.75) is 33.1 Å². The van der Waals surface area contributed by atoms with E-state index in [0.29, 0.717) is 24.9 Å². The first-order valence-electron chi connectivity index (χ1n) is 11.8. The van der Waals surface area contributed by atoms with Crippen LogP contribution in [-0.4, -0.2) is 51.6 Å². The summed E-state index contributed by atoms with van der Waals surface area (Å²) in [6.45, 7) is 7.26. The van der Waals surface area contributed by atoms with E-state index in [9.17, 15) is 4.79 Å². The SMILES string of the molecule is Cc1nc2c3ccccc3nn2c(C)c1CCC(=O)N1CCCN(c2ccc(C#N)cc2)CC1. The van der Waals surface area contributed by atoms with Crippen LogP contribution in [0.1, 0.15) is 35.4 Å². The van der Waals surface area contributed by atoms with Gasteiger partial charge in [-0.2, -0.15) is 10.4 Å². The Bertz CT molecular complexity index is 1400. The number of hydrogen-bond acceptors (Lipinski definition) is 5. The third-order valence-corrected chi connectivity index (χ3v) is 6.82. The molecule has 5 rings (SSSR count). The van der Waals surface area contributed by atoms with Crippen molar-refractivity contribution < 1.29 is 4.79 Å². The summed E-state index contributed by atoms with van der Waals surface area (Å²) in [7, 11) is 0. The quantitative estimate of drug-likeness (QED) is 0.467. The highest BCUT2D eigenvalue weighted by molar-refractivity contribution is 5.92. The summed E-state index contributed by atoms with van der Waals surface area (Å²) in [5.41, 5.74) is 6.68. The molecule has 7 heteroatoms. The van der Waals surface area contributed by atoms with E-state index < -0.39 is 0 Å². The molecular weight excluding hydrogens is 424 g/mol. The zero-order chi connectivity index (χ0) is 23.7. The largest absolute Gasteiger partial charge is 0.370 e. The first-order chi connectivity index (χ1) is 16.5. The number of aryl methyl sites for hydroxylation is 2. The molecule has 34 heavy (non-hydrogen) atoms. The van der Waals surface area contributed by atoms with Gasteiger partial charge in [0.1, 0.15) is 0 Å². The van der Waals surface area contributed by atoms with E-state index in [0.717, 1.165) is 65.2 Å². The molecule has 1 fully saturated rings. The minimum absolute atomic E-state index is 0.186. The lowest BCUT2D eigenvalue weighted by atomic mass is 10.1. The van der Waals surface area contributed by atoms with Crippen molar-refractivity contribution in [3.8, 4) is 6.07 Å². The highest BCUT2D eigenvalue weighted by Crippen LogP contribution is 2.23. The van der Waals surface area contributed by atoms with Crippen molar-refractivity contribution in [1.29, 1.82) is 5.26 Å². The van der Waals surface area contributed by atoms with E-state index in [-0.39, 0.29) is 5.91 Å². The highest BCUT2D eigenvalue weighted by atomic mass is 16.2. The number of nitriles is 1. The molecule has 0 unspecified atom stereocenters. The Labute approximate surface area is 199 Å². The molecule has 0 spiro atoms. The average Bonchev–Trinajstić information content (AvgIpc) is 3.05. The molecule has 0 bridgehead atoms. The second-order valence-electron chi connectivity index (χ2n) is 8.89. The molecule has 172 valence electrons. The summed E-state index contributed by atoms with van der Waals surface area (Å²) in [5, 5.41) is 14.8. The monoisotopic (exact) mass is 452 g/mol. The molecule has 2 aromatic heterocycles. The van der Waals surface area contributed by atoms with Gasteiger partial charge in [0, 0.05) is 55.1 Å². The molecule has 1 saturated heterocycles. The van der Waals surface area contributed by atoms with Gasteiger partial charge in [-0.05, 0) is 68.7 Å². The number of amides is 1. The molecule has 0 N–H and O–H groups in total. The van der Waals surface area contributed by atoms with Crippen LogP contribution in [0, 0.1) is 25.2 Å². The Kier molecular flexibility index (Phi) is 5.89. The highest BCUT2D eigenvalue weighted by Gasteiger charge is 2.21. The molecular formula is C27H28N6O. The maximum Gasteiger partial charge on any atom is 0.222 e. The summed E-state index contributed by atoms with van der Waals surface area (Å²) < 4.78 is 1.92. The second kappa shape index (κ2) is 9.14. The standard InChI is InChI=1S/C27H28N6O/c1-19-23(20(2)33-27(29-19)24-6-3-4-7-25(24)30-33)12-13-26(34)32-15-5-14-31(16-17-32)22-10-8-21(18-28)9-11-22/h3-4,6-11H,5,12-17H2,1-2H3. The molecule has 0 aliphatic carbocycles. The van der Waals surface area contributed by atoms with Gasteiger partial charge >= 0.3 is 0 Å². The van der Waals surface area contributed by atoms with Gasteiger partial charge in [0.2, 0.25) is 5.91 Å². The van der Waals surface area contributed by atoms with Crippen LogP contribution in [0.4, 0.5) is 5.69 Å². The maximum atomic E-state index is 13.1. The van der Waals surface area contributed by atoms with Gasteiger partial charge in [-0.3, -0.25) is 4.79 Å². The number of benzene rings is 2. The molecule has 0 atom stereocenters. The van der Waals surface area contributed by atoms with Crippen LogP contribution in [0.2, 0.25) is 0 Å². The summed E-state index contributed by atoms with van der Waals surface area (Å²) >= 11 is 0. The zero-order valence-corrected chi connectivity index (χ0v) is 19.7. The van der Waals surface area contributed by atoms with Crippen LogP contribution in [0.25, 0.3) is 16.6 Å². The molecule has 3 heterocycles. The van der Waals surface area contributed by atoms with Gasteiger partial charge in [-0.15, -0.1) is 0 Å². The van der Waals surface area contributed by atoms with Crippen LogP contribution < -0.4 is 4.90 Å². The van der Waals surface area contributed by atoms with Gasteiger partial charge in [0.05, 0.1) is 17.1 Å². The Balaban J connectivity index is 1.27. The Morgan fingerprint density at radius 1 is 1.03 bits per heavy atom. The van der Waals surface area contributed by atoms with Crippen LogP contribution in [-0.2, 0) is 11.2 Å². The Morgan fingerprint density at radius 3 is 2.62 bits per heavy atom. The fourth-order valence-electron chi connectivity index (χ4n) is 4.90. The number of aromatic nitrogens is 3. The number of rotatable bonds is 4. The number of carbonyl (C=O) groups is 1. The van der Waals surface area contributed by atoms with Crippen LogP contribution in [0.5, 0.6) is 0 Å². The Morgan fingerprint density at radius 2 is 1.82 bits per heavy atom. The van der Waals surface area contributed by atoms with E-state index in [2.05, 4.69) is 17.9 Å². The fraction of sp³-hybridized carbons (Fsp3) is 0.333. The van der Waals surface area contributed by atoms with Crippen molar-refractivity contribution in [3.63, 3.8) is 0 Å².